The summed E-state index contributed by atoms with van der Waals surface area (Å²) >= 11 is 0. The summed E-state index contributed by atoms with van der Waals surface area (Å²) in [6.45, 7) is 0.781. The third-order valence-electron chi connectivity index (χ3n) is 1.81. The summed E-state index contributed by atoms with van der Waals surface area (Å²) in [5.74, 6) is 0. The maximum absolute atomic E-state index is 9.08. The highest BCUT2D eigenvalue weighted by molar-refractivity contribution is 6.34. The molecule has 2 heterocycles. The minimum absolute atomic E-state index is 0.390. The molecular formula is C8H9BO3. The smallest absolute Gasteiger partial charge is 0.402 e. The van der Waals surface area contributed by atoms with Gasteiger partial charge in [0.15, 0.2) is 0 Å². The lowest BCUT2D eigenvalue weighted by Gasteiger charge is -2.04. The first-order valence-corrected chi connectivity index (χ1v) is 3.84. The average Bonchev–Trinajstić information content (AvgIpc) is 2.24. The number of rotatable bonds is 0. The van der Waals surface area contributed by atoms with Crippen molar-refractivity contribution < 1.29 is 14.3 Å². The lowest BCUT2D eigenvalue weighted by atomic mass is 10.1. The second kappa shape index (κ2) is 3.27. The first-order valence-electron chi connectivity index (χ1n) is 3.84. The monoisotopic (exact) mass is 164 g/mol. The fourth-order valence-electron chi connectivity index (χ4n) is 1.11. The lowest BCUT2D eigenvalue weighted by Crippen LogP contribution is -2.21. The summed E-state index contributed by atoms with van der Waals surface area (Å²) in [7, 11) is -1.10. The van der Waals surface area contributed by atoms with Crippen LogP contribution in [-0.4, -0.2) is 12.3 Å². The lowest BCUT2D eigenvalue weighted by molar-refractivity contribution is 0.121. The predicted octanol–water partition coefficient (Wildman–Crippen LogP) is 0.711. The van der Waals surface area contributed by atoms with Crippen molar-refractivity contribution in [2.45, 2.75) is 13.2 Å². The molecule has 0 aliphatic carbocycles. The van der Waals surface area contributed by atoms with Crippen LogP contribution in [0.25, 0.3) is 0 Å². The average molecular weight is 164 g/mol. The van der Waals surface area contributed by atoms with Crippen LogP contribution in [0.3, 0.4) is 0 Å². The van der Waals surface area contributed by atoms with Crippen molar-refractivity contribution in [3.05, 3.63) is 35.4 Å². The minimum atomic E-state index is -1.10. The summed E-state index contributed by atoms with van der Waals surface area (Å²) < 4.78 is 9.95. The first-order chi connectivity index (χ1) is 5.84. The first kappa shape index (κ1) is 7.80. The van der Waals surface area contributed by atoms with Crippen LogP contribution in [0.4, 0.5) is 0 Å². The maximum Gasteiger partial charge on any atom is 0.637 e. The molecule has 0 amide bonds. The molecule has 1 aromatic rings. The van der Waals surface area contributed by atoms with Gasteiger partial charge in [-0.05, 0) is 11.1 Å². The zero-order valence-corrected chi connectivity index (χ0v) is 6.56. The highest BCUT2D eigenvalue weighted by Crippen LogP contribution is 2.10. The second-order valence-electron chi connectivity index (χ2n) is 2.75. The van der Waals surface area contributed by atoms with Crippen LogP contribution >= 0.6 is 0 Å². The van der Waals surface area contributed by atoms with Crippen molar-refractivity contribution >= 4 is 7.32 Å². The maximum atomic E-state index is 9.08. The number of fused-ring (bicyclic) bond motifs is 6. The Morgan fingerprint density at radius 1 is 1.00 bits per heavy atom. The third kappa shape index (κ3) is 1.66. The van der Waals surface area contributed by atoms with E-state index in [2.05, 4.69) is 0 Å². The zero-order chi connectivity index (χ0) is 8.39. The molecule has 0 aromatic heterocycles. The molecule has 1 aromatic carbocycles. The fraction of sp³-hybridized carbons (Fsp3) is 0.250. The molecule has 0 unspecified atom stereocenters. The Bertz CT molecular complexity index is 233. The molecule has 0 fully saturated rings. The quantitative estimate of drug-likeness (QED) is 0.574. The Hall–Kier alpha value is -0.835. The van der Waals surface area contributed by atoms with Gasteiger partial charge in [0.2, 0.25) is 0 Å². The van der Waals surface area contributed by atoms with Gasteiger partial charge in [0.25, 0.3) is 0 Å². The van der Waals surface area contributed by atoms with Gasteiger partial charge < -0.3 is 14.3 Å². The van der Waals surface area contributed by atoms with E-state index >= 15 is 0 Å². The van der Waals surface area contributed by atoms with Gasteiger partial charge in [-0.3, -0.25) is 0 Å². The van der Waals surface area contributed by atoms with E-state index in [1.807, 2.05) is 24.3 Å². The molecular weight excluding hydrogens is 155 g/mol. The molecule has 2 aliphatic rings. The summed E-state index contributed by atoms with van der Waals surface area (Å²) in [5, 5.41) is 9.08. The Morgan fingerprint density at radius 2 is 1.42 bits per heavy atom. The van der Waals surface area contributed by atoms with Crippen LogP contribution in [0.1, 0.15) is 11.1 Å². The largest absolute Gasteiger partial charge is 0.637 e. The molecule has 4 heteroatoms. The molecule has 3 rings (SSSR count). The van der Waals surface area contributed by atoms with Crippen molar-refractivity contribution in [3.63, 3.8) is 0 Å². The number of hydrogen-bond donors (Lipinski definition) is 1. The van der Waals surface area contributed by atoms with Gasteiger partial charge in [0, 0.05) is 0 Å². The molecule has 3 nitrogen and oxygen atoms in total. The van der Waals surface area contributed by atoms with Gasteiger partial charge >= 0.3 is 7.32 Å². The molecule has 0 saturated heterocycles. The summed E-state index contributed by atoms with van der Waals surface area (Å²) in [4.78, 5) is 0. The van der Waals surface area contributed by atoms with Gasteiger partial charge in [-0.15, -0.1) is 0 Å². The van der Waals surface area contributed by atoms with Crippen LogP contribution in [0.15, 0.2) is 24.3 Å². The van der Waals surface area contributed by atoms with E-state index < -0.39 is 7.32 Å². The highest BCUT2D eigenvalue weighted by Gasteiger charge is 2.17. The van der Waals surface area contributed by atoms with Crippen LogP contribution in [0, 0.1) is 0 Å². The van der Waals surface area contributed by atoms with Gasteiger partial charge in [0.1, 0.15) is 0 Å². The normalized spacial score (nSPS) is 16.9. The van der Waals surface area contributed by atoms with E-state index in [1.165, 1.54) is 0 Å². The van der Waals surface area contributed by atoms with E-state index in [0.29, 0.717) is 13.2 Å². The Kier molecular flexibility index (Phi) is 2.12. The van der Waals surface area contributed by atoms with Gasteiger partial charge in [-0.2, -0.15) is 0 Å². The van der Waals surface area contributed by atoms with E-state index in [9.17, 15) is 0 Å². The van der Waals surface area contributed by atoms with E-state index in [0.717, 1.165) is 11.1 Å². The van der Waals surface area contributed by atoms with Crippen LogP contribution in [0.5, 0.6) is 0 Å². The summed E-state index contributed by atoms with van der Waals surface area (Å²) in [5.41, 5.74) is 2.09. The summed E-state index contributed by atoms with van der Waals surface area (Å²) in [6.07, 6.45) is 0. The van der Waals surface area contributed by atoms with Gasteiger partial charge in [0.05, 0.1) is 13.2 Å². The Labute approximate surface area is 71.1 Å². The molecule has 0 radical (unpaired) electrons. The Morgan fingerprint density at radius 3 is 1.83 bits per heavy atom. The van der Waals surface area contributed by atoms with Crippen LogP contribution in [-0.2, 0) is 22.5 Å². The molecule has 62 valence electrons. The van der Waals surface area contributed by atoms with Crippen LogP contribution < -0.4 is 0 Å². The zero-order valence-electron chi connectivity index (χ0n) is 6.56. The summed E-state index contributed by atoms with van der Waals surface area (Å²) in [6, 6.07) is 7.88. The van der Waals surface area contributed by atoms with Crippen molar-refractivity contribution in [2.75, 3.05) is 0 Å². The molecule has 0 atom stereocenters. The number of hydrogen-bond acceptors (Lipinski definition) is 3. The van der Waals surface area contributed by atoms with E-state index in [4.69, 9.17) is 14.3 Å². The second-order valence-corrected chi connectivity index (χ2v) is 2.75. The molecule has 12 heavy (non-hydrogen) atoms. The van der Waals surface area contributed by atoms with Crippen molar-refractivity contribution in [3.8, 4) is 0 Å². The number of benzene rings is 1. The predicted molar refractivity (Wildman–Crippen MR) is 44.0 cm³/mol. The Balaban J connectivity index is 2.24. The molecule has 2 aliphatic heterocycles. The van der Waals surface area contributed by atoms with Crippen LogP contribution in [0.2, 0.25) is 0 Å². The van der Waals surface area contributed by atoms with Gasteiger partial charge in [-0.25, -0.2) is 0 Å². The minimum Gasteiger partial charge on any atom is -0.402 e. The molecule has 1 N–H and O–H groups in total. The van der Waals surface area contributed by atoms with Crippen molar-refractivity contribution in [1.29, 1.82) is 0 Å². The fourth-order valence-corrected chi connectivity index (χ4v) is 1.11. The van der Waals surface area contributed by atoms with Gasteiger partial charge in [-0.1, -0.05) is 24.3 Å². The highest BCUT2D eigenvalue weighted by atomic mass is 16.7. The molecule has 2 bridgehead atoms. The standard InChI is InChI=1S/C8H9BO3/c10-9-11-5-7-1-2-8(4-3-7)6-12-9/h1-4,10H,5-6H2. The van der Waals surface area contributed by atoms with Crippen molar-refractivity contribution in [2.24, 2.45) is 0 Å². The van der Waals surface area contributed by atoms with E-state index in [-0.39, 0.29) is 0 Å². The third-order valence-corrected chi connectivity index (χ3v) is 1.81. The SMILES string of the molecule is OB1OCc2ccc(cc2)CO1. The topological polar surface area (TPSA) is 38.7 Å². The molecule has 0 spiro atoms. The van der Waals surface area contributed by atoms with Crippen molar-refractivity contribution in [1.82, 2.24) is 0 Å². The van der Waals surface area contributed by atoms with E-state index in [1.54, 1.807) is 0 Å². The molecule has 0 saturated carbocycles.